The highest BCUT2D eigenvalue weighted by Crippen LogP contribution is 2.06. The first-order valence-corrected chi connectivity index (χ1v) is 6.48. The van der Waals surface area contributed by atoms with Crippen molar-refractivity contribution < 1.29 is 19.4 Å². The van der Waals surface area contributed by atoms with Crippen LogP contribution in [0.1, 0.15) is 40.0 Å². The third-order valence-corrected chi connectivity index (χ3v) is 2.47. The van der Waals surface area contributed by atoms with Crippen molar-refractivity contribution in [3.8, 4) is 0 Å². The van der Waals surface area contributed by atoms with Crippen LogP contribution >= 0.6 is 0 Å². The number of nitrogens with one attached hydrogen (secondary N) is 1. The van der Waals surface area contributed by atoms with E-state index >= 15 is 0 Å². The number of ether oxygens (including phenoxy) is 1. The standard InChI is InChI=1S/C13H25NO4/c1-10(2)4-6-18-7-5-14-12(15)8-11(3)9-13(16)17/h10-11H,4-9H2,1-3H3,(H,14,15)(H,16,17). The van der Waals surface area contributed by atoms with Gasteiger partial charge in [-0.3, -0.25) is 9.59 Å². The molecular formula is C13H25NO4. The van der Waals surface area contributed by atoms with Crippen molar-refractivity contribution in [3.05, 3.63) is 0 Å². The zero-order chi connectivity index (χ0) is 14.0. The fraction of sp³-hybridized carbons (Fsp3) is 0.846. The van der Waals surface area contributed by atoms with Crippen molar-refractivity contribution in [2.45, 2.75) is 40.0 Å². The molecule has 0 fully saturated rings. The van der Waals surface area contributed by atoms with E-state index in [-0.39, 0.29) is 24.7 Å². The van der Waals surface area contributed by atoms with Crippen LogP contribution in [0, 0.1) is 11.8 Å². The van der Waals surface area contributed by atoms with Crippen LogP contribution in [-0.4, -0.2) is 36.7 Å². The molecule has 0 aliphatic heterocycles. The quantitative estimate of drug-likeness (QED) is 0.585. The molecule has 0 aromatic carbocycles. The van der Waals surface area contributed by atoms with E-state index < -0.39 is 5.97 Å². The molecule has 5 heteroatoms. The Balaban J connectivity index is 3.45. The summed E-state index contributed by atoms with van der Waals surface area (Å²) < 4.78 is 5.36. The molecule has 2 N–H and O–H groups in total. The van der Waals surface area contributed by atoms with E-state index in [4.69, 9.17) is 9.84 Å². The lowest BCUT2D eigenvalue weighted by Crippen LogP contribution is -2.29. The number of carbonyl (C=O) groups is 2. The Bertz CT molecular complexity index is 253. The van der Waals surface area contributed by atoms with E-state index in [1.165, 1.54) is 0 Å². The average molecular weight is 259 g/mol. The fourth-order valence-corrected chi connectivity index (χ4v) is 1.44. The molecule has 5 nitrogen and oxygen atoms in total. The largest absolute Gasteiger partial charge is 0.481 e. The Kier molecular flexibility index (Phi) is 9.28. The lowest BCUT2D eigenvalue weighted by molar-refractivity contribution is -0.138. The topological polar surface area (TPSA) is 75.6 Å². The van der Waals surface area contributed by atoms with Gasteiger partial charge in [-0.1, -0.05) is 20.8 Å². The highest BCUT2D eigenvalue weighted by molar-refractivity contribution is 5.77. The molecule has 0 rings (SSSR count). The minimum atomic E-state index is -0.868. The number of hydrogen-bond donors (Lipinski definition) is 2. The average Bonchev–Trinajstić information content (AvgIpc) is 2.21. The maximum atomic E-state index is 11.4. The molecule has 0 aromatic rings. The predicted molar refractivity (Wildman–Crippen MR) is 69.3 cm³/mol. The molecule has 0 heterocycles. The number of carboxylic acids is 1. The second kappa shape index (κ2) is 9.88. The van der Waals surface area contributed by atoms with Crippen molar-refractivity contribution >= 4 is 11.9 Å². The minimum Gasteiger partial charge on any atom is -0.481 e. The molecule has 18 heavy (non-hydrogen) atoms. The summed E-state index contributed by atoms with van der Waals surface area (Å²) in [6.07, 6.45) is 1.29. The van der Waals surface area contributed by atoms with Gasteiger partial charge in [-0.2, -0.15) is 0 Å². The third-order valence-electron chi connectivity index (χ3n) is 2.47. The van der Waals surface area contributed by atoms with Gasteiger partial charge in [0, 0.05) is 26.0 Å². The summed E-state index contributed by atoms with van der Waals surface area (Å²) >= 11 is 0. The van der Waals surface area contributed by atoms with Crippen molar-refractivity contribution in [1.29, 1.82) is 0 Å². The van der Waals surface area contributed by atoms with Crippen LogP contribution in [0.4, 0.5) is 0 Å². The van der Waals surface area contributed by atoms with E-state index in [2.05, 4.69) is 19.2 Å². The summed E-state index contributed by atoms with van der Waals surface area (Å²) in [6.45, 7) is 7.72. The van der Waals surface area contributed by atoms with Crippen molar-refractivity contribution in [2.24, 2.45) is 11.8 Å². The third kappa shape index (κ3) is 11.4. The fourth-order valence-electron chi connectivity index (χ4n) is 1.44. The van der Waals surface area contributed by atoms with Gasteiger partial charge in [0.1, 0.15) is 0 Å². The van der Waals surface area contributed by atoms with Crippen LogP contribution in [0.3, 0.4) is 0 Å². The van der Waals surface area contributed by atoms with Gasteiger partial charge in [-0.25, -0.2) is 0 Å². The molecule has 1 unspecified atom stereocenters. The lowest BCUT2D eigenvalue weighted by atomic mass is 10.0. The van der Waals surface area contributed by atoms with Gasteiger partial charge in [-0.15, -0.1) is 0 Å². The van der Waals surface area contributed by atoms with Gasteiger partial charge >= 0.3 is 5.97 Å². The number of hydrogen-bond acceptors (Lipinski definition) is 3. The second-order valence-electron chi connectivity index (χ2n) is 5.05. The number of carbonyl (C=O) groups excluding carboxylic acids is 1. The van der Waals surface area contributed by atoms with E-state index in [1.807, 2.05) is 0 Å². The van der Waals surface area contributed by atoms with E-state index in [1.54, 1.807) is 6.92 Å². The molecule has 0 saturated heterocycles. The van der Waals surface area contributed by atoms with Gasteiger partial charge in [0.2, 0.25) is 5.91 Å². The molecule has 0 aliphatic rings. The SMILES string of the molecule is CC(C)CCOCCNC(=O)CC(C)CC(=O)O. The Morgan fingerprint density at radius 3 is 2.39 bits per heavy atom. The van der Waals surface area contributed by atoms with E-state index in [9.17, 15) is 9.59 Å². The smallest absolute Gasteiger partial charge is 0.303 e. The van der Waals surface area contributed by atoms with Gasteiger partial charge < -0.3 is 15.2 Å². The molecule has 0 spiro atoms. The summed E-state index contributed by atoms with van der Waals surface area (Å²) in [5, 5.41) is 11.3. The number of aliphatic carboxylic acids is 1. The van der Waals surface area contributed by atoms with Gasteiger partial charge in [0.05, 0.1) is 6.61 Å². The molecule has 106 valence electrons. The van der Waals surface area contributed by atoms with Crippen LogP contribution < -0.4 is 5.32 Å². The molecule has 0 radical (unpaired) electrons. The number of amides is 1. The Morgan fingerprint density at radius 2 is 1.83 bits per heavy atom. The summed E-state index contributed by atoms with van der Waals surface area (Å²) in [6, 6.07) is 0. The molecule has 0 bridgehead atoms. The summed E-state index contributed by atoms with van der Waals surface area (Å²) in [5.41, 5.74) is 0. The Morgan fingerprint density at radius 1 is 1.17 bits per heavy atom. The van der Waals surface area contributed by atoms with Crippen LogP contribution in [-0.2, 0) is 14.3 Å². The molecule has 1 amide bonds. The number of rotatable bonds is 10. The highest BCUT2D eigenvalue weighted by atomic mass is 16.5. The van der Waals surface area contributed by atoms with Gasteiger partial charge in [0.15, 0.2) is 0 Å². The van der Waals surface area contributed by atoms with Crippen LogP contribution in [0.25, 0.3) is 0 Å². The molecule has 1 atom stereocenters. The monoisotopic (exact) mass is 259 g/mol. The first kappa shape index (κ1) is 16.9. The zero-order valence-corrected chi connectivity index (χ0v) is 11.6. The summed E-state index contributed by atoms with van der Waals surface area (Å²) in [4.78, 5) is 21.8. The molecule has 0 aliphatic carbocycles. The van der Waals surface area contributed by atoms with Crippen LogP contribution in [0.2, 0.25) is 0 Å². The normalized spacial score (nSPS) is 12.4. The predicted octanol–water partition coefficient (Wildman–Crippen LogP) is 1.67. The van der Waals surface area contributed by atoms with Crippen LogP contribution in [0.5, 0.6) is 0 Å². The molecule has 0 aromatic heterocycles. The molecular weight excluding hydrogens is 234 g/mol. The zero-order valence-electron chi connectivity index (χ0n) is 11.6. The first-order chi connectivity index (χ1) is 8.41. The Hall–Kier alpha value is -1.10. The van der Waals surface area contributed by atoms with Crippen molar-refractivity contribution in [2.75, 3.05) is 19.8 Å². The molecule has 0 saturated carbocycles. The summed E-state index contributed by atoms with van der Waals surface area (Å²) in [5.74, 6) is -0.496. The van der Waals surface area contributed by atoms with Gasteiger partial charge in [-0.05, 0) is 18.3 Å². The van der Waals surface area contributed by atoms with E-state index in [0.29, 0.717) is 25.7 Å². The maximum absolute atomic E-state index is 11.4. The highest BCUT2D eigenvalue weighted by Gasteiger charge is 2.11. The maximum Gasteiger partial charge on any atom is 0.303 e. The lowest BCUT2D eigenvalue weighted by Gasteiger charge is -2.10. The van der Waals surface area contributed by atoms with Crippen molar-refractivity contribution in [1.82, 2.24) is 5.32 Å². The second-order valence-corrected chi connectivity index (χ2v) is 5.05. The van der Waals surface area contributed by atoms with E-state index in [0.717, 1.165) is 6.42 Å². The number of carboxylic acid groups (broad SMARTS) is 1. The van der Waals surface area contributed by atoms with Gasteiger partial charge in [0.25, 0.3) is 0 Å². The first-order valence-electron chi connectivity index (χ1n) is 6.48. The summed E-state index contributed by atoms with van der Waals surface area (Å²) in [7, 11) is 0. The minimum absolute atomic E-state index is 0.0261. The Labute approximate surface area is 109 Å². The van der Waals surface area contributed by atoms with Crippen LogP contribution in [0.15, 0.2) is 0 Å². The van der Waals surface area contributed by atoms with Crippen molar-refractivity contribution in [3.63, 3.8) is 0 Å².